The molecular formula is C14H22N2O3S. The molecule has 20 heavy (non-hydrogen) atoms. The molecule has 0 bridgehead atoms. The third kappa shape index (κ3) is 4.92. The summed E-state index contributed by atoms with van der Waals surface area (Å²) in [4.78, 5) is 24.8. The van der Waals surface area contributed by atoms with Crippen LogP contribution in [0.4, 0.5) is 4.79 Å². The summed E-state index contributed by atoms with van der Waals surface area (Å²) in [7, 11) is 0. The number of unbranched alkanes of at least 4 members (excludes halogenated alkanes) is 1. The van der Waals surface area contributed by atoms with Crippen molar-refractivity contribution >= 4 is 29.1 Å². The average Bonchev–Trinajstić information content (AvgIpc) is 2.29. The molecule has 1 rings (SSSR count). The van der Waals surface area contributed by atoms with Gasteiger partial charge in [-0.1, -0.05) is 25.6 Å². The zero-order valence-electron chi connectivity index (χ0n) is 12.5. The van der Waals surface area contributed by atoms with Crippen molar-refractivity contribution in [3.8, 4) is 0 Å². The fourth-order valence-electron chi connectivity index (χ4n) is 1.65. The van der Waals surface area contributed by atoms with Gasteiger partial charge in [0.25, 0.3) is 5.91 Å². The van der Waals surface area contributed by atoms with Gasteiger partial charge in [0.2, 0.25) is 0 Å². The van der Waals surface area contributed by atoms with Crippen LogP contribution in [0.2, 0.25) is 0 Å². The number of nitrogens with zero attached hydrogens (tertiary/aromatic N) is 2. The summed E-state index contributed by atoms with van der Waals surface area (Å²) in [5.41, 5.74) is -0.598. The number of hydrogen-bond donors (Lipinski definition) is 0. The number of hydrogen-bond acceptors (Lipinski definition) is 4. The zero-order chi connectivity index (χ0) is 15.3. The molecule has 0 aromatic carbocycles. The van der Waals surface area contributed by atoms with E-state index in [0.29, 0.717) is 11.4 Å². The Morgan fingerprint density at radius 2 is 2.15 bits per heavy atom. The number of rotatable bonds is 4. The molecule has 1 heterocycles. The zero-order valence-corrected chi connectivity index (χ0v) is 13.3. The lowest BCUT2D eigenvalue weighted by atomic mass is 10.2. The smallest absolute Gasteiger partial charge is 0.429 e. The van der Waals surface area contributed by atoms with Crippen molar-refractivity contribution < 1.29 is 14.3 Å². The minimum atomic E-state index is -0.598. The van der Waals surface area contributed by atoms with E-state index in [-0.39, 0.29) is 12.3 Å². The number of allylic oxidation sites excluding steroid dienone is 1. The van der Waals surface area contributed by atoms with E-state index in [0.717, 1.165) is 12.8 Å². The van der Waals surface area contributed by atoms with E-state index in [9.17, 15) is 9.59 Å². The van der Waals surface area contributed by atoms with Gasteiger partial charge in [0.1, 0.15) is 5.60 Å². The molecule has 6 heteroatoms. The van der Waals surface area contributed by atoms with Gasteiger partial charge < -0.3 is 4.74 Å². The molecule has 2 amide bonds. The van der Waals surface area contributed by atoms with Crippen molar-refractivity contribution in [2.75, 3.05) is 6.54 Å². The summed E-state index contributed by atoms with van der Waals surface area (Å²) in [6, 6.07) is 0. The first kappa shape index (κ1) is 16.6. The Hall–Kier alpha value is -1.43. The number of carbonyl (C=O) groups excluding carboxylic acids is 2. The lowest BCUT2D eigenvalue weighted by Gasteiger charge is -2.35. The lowest BCUT2D eigenvalue weighted by molar-refractivity contribution is -0.140. The van der Waals surface area contributed by atoms with Crippen LogP contribution in [0.25, 0.3) is 0 Å². The van der Waals surface area contributed by atoms with Gasteiger partial charge in [0, 0.05) is 17.6 Å². The van der Waals surface area contributed by atoms with Gasteiger partial charge in [-0.15, -0.1) is 0 Å². The second-order valence-corrected chi connectivity index (χ2v) is 6.18. The molecule has 1 aliphatic rings. The molecule has 0 spiro atoms. The normalized spacial score (nSPS) is 15.5. The van der Waals surface area contributed by atoms with Gasteiger partial charge in [0.15, 0.2) is 0 Å². The summed E-state index contributed by atoms with van der Waals surface area (Å²) in [5.74, 6) is -0.209. The molecule has 0 aromatic rings. The Kier molecular flexibility index (Phi) is 5.68. The first-order chi connectivity index (χ1) is 9.24. The molecule has 0 aliphatic carbocycles. The van der Waals surface area contributed by atoms with Crippen LogP contribution in [0.1, 0.15) is 47.0 Å². The van der Waals surface area contributed by atoms with Gasteiger partial charge in [0.05, 0.1) is 6.42 Å². The standard InChI is InChI=1S/C14H22N2O3S/c1-5-6-8-16(13(18)19-14(2,3)4)15-9-7-11(20)10-12(15)17/h7,9H,5-6,8,10H2,1-4H3. The van der Waals surface area contributed by atoms with E-state index in [1.54, 1.807) is 26.8 Å². The van der Waals surface area contributed by atoms with Crippen molar-refractivity contribution in [3.05, 3.63) is 12.3 Å². The van der Waals surface area contributed by atoms with E-state index in [4.69, 9.17) is 17.0 Å². The minimum absolute atomic E-state index is 0.150. The first-order valence-corrected chi connectivity index (χ1v) is 7.19. The minimum Gasteiger partial charge on any atom is -0.442 e. The van der Waals surface area contributed by atoms with Gasteiger partial charge in [-0.2, -0.15) is 0 Å². The molecule has 0 atom stereocenters. The first-order valence-electron chi connectivity index (χ1n) is 6.78. The number of ether oxygens (including phenoxy) is 1. The SMILES string of the molecule is CCCCN(C(=O)OC(C)(C)C)N1C=CC(=S)CC1=O. The van der Waals surface area contributed by atoms with Crippen LogP contribution in [-0.2, 0) is 9.53 Å². The third-order valence-electron chi connectivity index (χ3n) is 2.57. The molecule has 5 nitrogen and oxygen atoms in total. The Morgan fingerprint density at radius 3 is 2.65 bits per heavy atom. The van der Waals surface area contributed by atoms with Crippen LogP contribution >= 0.6 is 12.2 Å². The number of amides is 2. The van der Waals surface area contributed by atoms with Gasteiger partial charge in [-0.25, -0.2) is 14.8 Å². The highest BCUT2D eigenvalue weighted by atomic mass is 32.1. The molecule has 0 saturated heterocycles. The van der Waals surface area contributed by atoms with Gasteiger partial charge in [-0.3, -0.25) is 4.79 Å². The molecule has 112 valence electrons. The fourth-order valence-corrected chi connectivity index (χ4v) is 1.83. The second kappa shape index (κ2) is 6.83. The highest BCUT2D eigenvalue weighted by Crippen LogP contribution is 2.16. The summed E-state index contributed by atoms with van der Waals surface area (Å²) in [6.07, 6.45) is 4.55. The van der Waals surface area contributed by atoms with Crippen molar-refractivity contribution in [1.82, 2.24) is 10.0 Å². The highest BCUT2D eigenvalue weighted by molar-refractivity contribution is 7.80. The summed E-state index contributed by atoms with van der Waals surface area (Å²) >= 11 is 4.99. The monoisotopic (exact) mass is 298 g/mol. The Balaban J connectivity index is 2.88. The van der Waals surface area contributed by atoms with Crippen molar-refractivity contribution in [2.45, 2.75) is 52.6 Å². The van der Waals surface area contributed by atoms with Crippen LogP contribution in [0.3, 0.4) is 0 Å². The molecule has 0 saturated carbocycles. The molecule has 0 radical (unpaired) electrons. The van der Waals surface area contributed by atoms with Crippen LogP contribution in [0.15, 0.2) is 12.3 Å². The highest BCUT2D eigenvalue weighted by Gasteiger charge is 2.30. The predicted molar refractivity (Wildman–Crippen MR) is 81.0 cm³/mol. The molecule has 0 unspecified atom stereocenters. The topological polar surface area (TPSA) is 49.9 Å². The van der Waals surface area contributed by atoms with Crippen molar-refractivity contribution in [2.24, 2.45) is 0 Å². The van der Waals surface area contributed by atoms with Crippen molar-refractivity contribution in [3.63, 3.8) is 0 Å². The maximum atomic E-state index is 12.2. The summed E-state index contributed by atoms with van der Waals surface area (Å²) in [6.45, 7) is 7.86. The number of thiocarbonyl (C=S) groups is 1. The van der Waals surface area contributed by atoms with Crippen molar-refractivity contribution in [1.29, 1.82) is 0 Å². The maximum absolute atomic E-state index is 12.2. The maximum Gasteiger partial charge on any atom is 0.429 e. The molecule has 0 N–H and O–H groups in total. The van der Waals surface area contributed by atoms with Crippen LogP contribution < -0.4 is 0 Å². The molecular weight excluding hydrogens is 276 g/mol. The molecule has 1 aliphatic heterocycles. The van der Waals surface area contributed by atoms with Crippen LogP contribution in [0, 0.1) is 0 Å². The van der Waals surface area contributed by atoms with Gasteiger partial charge in [-0.05, 0) is 33.3 Å². The Bertz CT molecular complexity index is 427. The average molecular weight is 298 g/mol. The third-order valence-corrected chi connectivity index (χ3v) is 2.85. The van der Waals surface area contributed by atoms with E-state index >= 15 is 0 Å². The second-order valence-electron chi connectivity index (χ2n) is 5.65. The largest absolute Gasteiger partial charge is 0.442 e. The van der Waals surface area contributed by atoms with E-state index < -0.39 is 11.7 Å². The molecule has 0 aromatic heterocycles. The Labute approximate surface area is 125 Å². The van der Waals surface area contributed by atoms with E-state index in [1.807, 2.05) is 6.92 Å². The van der Waals surface area contributed by atoms with Gasteiger partial charge >= 0.3 is 6.09 Å². The number of hydrazine groups is 1. The number of carbonyl (C=O) groups is 2. The van der Waals surface area contributed by atoms with E-state index in [1.165, 1.54) is 16.2 Å². The summed E-state index contributed by atoms with van der Waals surface area (Å²) < 4.78 is 5.35. The summed E-state index contributed by atoms with van der Waals surface area (Å²) in [5, 5.41) is 2.65. The Morgan fingerprint density at radius 1 is 1.50 bits per heavy atom. The van der Waals surface area contributed by atoms with E-state index in [2.05, 4.69) is 0 Å². The predicted octanol–water partition coefficient (Wildman–Crippen LogP) is 3.05. The quantitative estimate of drug-likeness (QED) is 0.749. The molecule has 0 fully saturated rings. The van der Waals surface area contributed by atoms with Crippen LogP contribution in [0.5, 0.6) is 0 Å². The van der Waals surface area contributed by atoms with Crippen LogP contribution in [-0.4, -0.2) is 39.0 Å². The fraction of sp³-hybridized carbons (Fsp3) is 0.643. The lowest BCUT2D eigenvalue weighted by Crippen LogP contribution is -2.50.